The van der Waals surface area contributed by atoms with Crippen LogP contribution in [0.4, 0.5) is 0 Å². The maximum absolute atomic E-state index is 6.27. The van der Waals surface area contributed by atoms with Crippen LogP contribution in [0.5, 0.6) is 0 Å². The van der Waals surface area contributed by atoms with Crippen molar-refractivity contribution >= 4 is 8.32 Å². The molecule has 0 saturated carbocycles. The molecule has 3 heteroatoms. The molecule has 0 amide bonds. The Labute approximate surface area is 131 Å². The van der Waals surface area contributed by atoms with Crippen LogP contribution in [-0.2, 0) is 17.4 Å². The average molecular weight is 306 g/mol. The van der Waals surface area contributed by atoms with E-state index in [4.69, 9.17) is 4.43 Å². The van der Waals surface area contributed by atoms with E-state index < -0.39 is 8.32 Å². The summed E-state index contributed by atoms with van der Waals surface area (Å²) < 4.78 is 6.27. The van der Waals surface area contributed by atoms with Crippen molar-refractivity contribution in [1.82, 2.24) is 4.90 Å². The van der Waals surface area contributed by atoms with Gasteiger partial charge in [0.2, 0.25) is 0 Å². The highest BCUT2D eigenvalue weighted by atomic mass is 28.4. The molecule has 0 unspecified atom stereocenters. The smallest absolute Gasteiger partial charge is 0.191 e. The van der Waals surface area contributed by atoms with Gasteiger partial charge in [-0.05, 0) is 42.1 Å². The highest BCUT2D eigenvalue weighted by molar-refractivity contribution is 6.74. The molecule has 0 N–H and O–H groups in total. The van der Waals surface area contributed by atoms with Crippen molar-refractivity contribution < 1.29 is 4.43 Å². The van der Waals surface area contributed by atoms with Gasteiger partial charge in [-0.15, -0.1) is 0 Å². The summed E-state index contributed by atoms with van der Waals surface area (Å²) in [7, 11) is -1.57. The molecule has 1 aliphatic rings. The quantitative estimate of drug-likeness (QED) is 0.588. The topological polar surface area (TPSA) is 12.5 Å². The van der Waals surface area contributed by atoms with E-state index in [-0.39, 0.29) is 0 Å². The van der Waals surface area contributed by atoms with Gasteiger partial charge in [-0.25, -0.2) is 0 Å². The fourth-order valence-corrected chi connectivity index (χ4v) is 3.66. The van der Waals surface area contributed by atoms with E-state index >= 15 is 0 Å². The molecular formula is C18H31NOSi. The van der Waals surface area contributed by atoms with Crippen molar-refractivity contribution in [1.29, 1.82) is 0 Å². The summed E-state index contributed by atoms with van der Waals surface area (Å²) in [6.07, 6.45) is 2.34. The highest BCUT2D eigenvalue weighted by Crippen LogP contribution is 2.36. The van der Waals surface area contributed by atoms with E-state index in [1.54, 1.807) is 0 Å². The van der Waals surface area contributed by atoms with Crippen LogP contribution >= 0.6 is 0 Å². The Morgan fingerprint density at radius 2 is 1.81 bits per heavy atom. The molecule has 0 fully saturated rings. The number of nitrogens with zero attached hydrogens (tertiary/aromatic N) is 1. The molecule has 2 rings (SSSR count). The van der Waals surface area contributed by atoms with E-state index in [1.165, 1.54) is 24.1 Å². The lowest BCUT2D eigenvalue weighted by Gasteiger charge is -2.36. The molecule has 0 aliphatic carbocycles. The van der Waals surface area contributed by atoms with Gasteiger partial charge in [0.25, 0.3) is 0 Å². The molecular weight excluding hydrogens is 274 g/mol. The largest absolute Gasteiger partial charge is 0.417 e. The minimum Gasteiger partial charge on any atom is -0.417 e. The lowest BCUT2D eigenvalue weighted by Crippen LogP contribution is -2.41. The second-order valence-electron chi connectivity index (χ2n) is 7.76. The predicted octanol–water partition coefficient (Wildman–Crippen LogP) is 4.46. The summed E-state index contributed by atoms with van der Waals surface area (Å²) >= 11 is 0. The van der Waals surface area contributed by atoms with Crippen LogP contribution in [0.1, 0.15) is 38.3 Å². The Hall–Kier alpha value is -0.643. The molecule has 0 radical (unpaired) electrons. The minimum atomic E-state index is -1.57. The summed E-state index contributed by atoms with van der Waals surface area (Å²) in [5, 5.41) is 0.317. The van der Waals surface area contributed by atoms with E-state index in [2.05, 4.69) is 63.0 Å². The third-order valence-corrected chi connectivity index (χ3v) is 9.64. The summed E-state index contributed by atoms with van der Waals surface area (Å²) in [5.74, 6) is 0. The molecule has 21 heavy (non-hydrogen) atoms. The summed E-state index contributed by atoms with van der Waals surface area (Å²) in [6, 6.07) is 8.85. The molecule has 2 nitrogen and oxygen atoms in total. The fraction of sp³-hybridized carbons (Fsp3) is 0.667. The number of hydrogen-bond donors (Lipinski definition) is 0. The molecule has 0 aromatic heterocycles. The molecule has 1 aromatic carbocycles. The third kappa shape index (κ3) is 4.41. The zero-order valence-electron chi connectivity index (χ0n) is 14.4. The van der Waals surface area contributed by atoms with Crippen LogP contribution in [0.3, 0.4) is 0 Å². The number of rotatable bonds is 5. The van der Waals surface area contributed by atoms with Gasteiger partial charge in [-0.1, -0.05) is 45.0 Å². The highest BCUT2D eigenvalue weighted by Gasteiger charge is 2.36. The van der Waals surface area contributed by atoms with Crippen LogP contribution in [0.25, 0.3) is 0 Å². The summed E-state index contributed by atoms with van der Waals surface area (Å²) in [4.78, 5) is 2.57. The van der Waals surface area contributed by atoms with Gasteiger partial charge in [0.15, 0.2) is 8.32 Å². The third-order valence-electron chi connectivity index (χ3n) is 5.10. The average Bonchev–Trinajstić information content (AvgIpc) is 2.42. The van der Waals surface area contributed by atoms with E-state index in [9.17, 15) is 0 Å². The van der Waals surface area contributed by atoms with Gasteiger partial charge in [0.1, 0.15) is 0 Å². The van der Waals surface area contributed by atoms with Crippen molar-refractivity contribution in [3.63, 3.8) is 0 Å². The number of fused-ring (bicyclic) bond motifs is 1. The Morgan fingerprint density at radius 1 is 1.14 bits per heavy atom. The molecule has 0 saturated heterocycles. The van der Waals surface area contributed by atoms with E-state index in [1.807, 2.05) is 0 Å². The van der Waals surface area contributed by atoms with Crippen LogP contribution in [-0.4, -0.2) is 32.9 Å². The van der Waals surface area contributed by atoms with Gasteiger partial charge >= 0.3 is 0 Å². The molecule has 1 aromatic rings. The maximum Gasteiger partial charge on any atom is 0.191 e. The predicted molar refractivity (Wildman–Crippen MR) is 93.2 cm³/mol. The second kappa shape index (κ2) is 6.63. The molecule has 0 bridgehead atoms. The van der Waals surface area contributed by atoms with Crippen LogP contribution in [0, 0.1) is 0 Å². The SMILES string of the molecule is CC(C)(C)[Si](C)(C)OCCCN1CCc2ccccc2C1. The number of benzene rings is 1. The zero-order valence-corrected chi connectivity index (χ0v) is 15.4. The molecule has 1 aliphatic heterocycles. The second-order valence-corrected chi connectivity index (χ2v) is 12.6. The Kier molecular flexibility index (Phi) is 5.28. The van der Waals surface area contributed by atoms with Gasteiger partial charge in [-0.3, -0.25) is 4.90 Å². The first kappa shape index (κ1) is 16.7. The van der Waals surface area contributed by atoms with Gasteiger partial charge in [0, 0.05) is 26.2 Å². The number of hydrogen-bond acceptors (Lipinski definition) is 2. The monoisotopic (exact) mass is 305 g/mol. The lowest BCUT2D eigenvalue weighted by molar-refractivity contribution is 0.213. The van der Waals surface area contributed by atoms with Gasteiger partial charge in [0.05, 0.1) is 0 Å². The van der Waals surface area contributed by atoms with Gasteiger partial charge in [-0.2, -0.15) is 0 Å². The minimum absolute atomic E-state index is 0.317. The molecule has 0 atom stereocenters. The zero-order chi connectivity index (χ0) is 15.5. The van der Waals surface area contributed by atoms with Crippen LogP contribution < -0.4 is 0 Å². The molecule has 118 valence electrons. The maximum atomic E-state index is 6.27. The van der Waals surface area contributed by atoms with Crippen molar-refractivity contribution in [2.45, 2.75) is 58.3 Å². The first-order chi connectivity index (χ1) is 9.79. The first-order valence-electron chi connectivity index (χ1n) is 8.23. The fourth-order valence-electron chi connectivity index (χ4n) is 2.58. The standard InChI is InChI=1S/C18H31NOSi/c1-18(2,3)21(4,5)20-14-8-12-19-13-11-16-9-6-7-10-17(16)15-19/h6-7,9-10H,8,11-15H2,1-5H3. The van der Waals surface area contributed by atoms with E-state index in [0.29, 0.717) is 5.04 Å². The molecule has 1 heterocycles. The van der Waals surface area contributed by atoms with E-state index in [0.717, 1.165) is 26.1 Å². The first-order valence-corrected chi connectivity index (χ1v) is 11.1. The normalized spacial score (nSPS) is 16.8. The Balaban J connectivity index is 1.74. The van der Waals surface area contributed by atoms with Crippen molar-refractivity contribution in [3.8, 4) is 0 Å². The molecule has 0 spiro atoms. The Morgan fingerprint density at radius 3 is 2.48 bits per heavy atom. The van der Waals surface area contributed by atoms with Crippen molar-refractivity contribution in [3.05, 3.63) is 35.4 Å². The summed E-state index contributed by atoms with van der Waals surface area (Å²) in [6.45, 7) is 16.0. The van der Waals surface area contributed by atoms with Gasteiger partial charge < -0.3 is 4.43 Å². The van der Waals surface area contributed by atoms with Crippen LogP contribution in [0.15, 0.2) is 24.3 Å². The van der Waals surface area contributed by atoms with Crippen molar-refractivity contribution in [2.24, 2.45) is 0 Å². The summed E-state index contributed by atoms with van der Waals surface area (Å²) in [5.41, 5.74) is 3.04. The lowest BCUT2D eigenvalue weighted by atomic mass is 10.00. The van der Waals surface area contributed by atoms with Crippen molar-refractivity contribution in [2.75, 3.05) is 19.7 Å². The Bertz CT molecular complexity index is 465. The van der Waals surface area contributed by atoms with Crippen LogP contribution in [0.2, 0.25) is 18.1 Å².